The Kier molecular flexibility index (Phi) is 6.07. The zero-order valence-corrected chi connectivity index (χ0v) is 17.2. The van der Waals surface area contributed by atoms with E-state index in [0.717, 1.165) is 5.56 Å². The zero-order valence-electron chi connectivity index (χ0n) is 17.2. The molecule has 0 unspecified atom stereocenters. The van der Waals surface area contributed by atoms with E-state index in [1.165, 1.54) is 18.4 Å². The third-order valence-electron chi connectivity index (χ3n) is 4.83. The molecule has 0 amide bonds. The lowest BCUT2D eigenvalue weighted by Crippen LogP contribution is -2.15. The van der Waals surface area contributed by atoms with Gasteiger partial charge in [0.05, 0.1) is 12.7 Å². The number of carbonyl (C=O) groups is 1. The number of ether oxygens (including phenoxy) is 3. The largest absolute Gasteiger partial charge is 0.507 e. The number of benzene rings is 3. The fraction of sp³-hybridized carbons (Fsp3) is 0.120. The van der Waals surface area contributed by atoms with Crippen LogP contribution in [-0.2, 0) is 16.1 Å². The fourth-order valence-corrected chi connectivity index (χ4v) is 3.18. The van der Waals surface area contributed by atoms with Crippen LogP contribution in [0, 0.1) is 0 Å². The third-order valence-corrected chi connectivity index (χ3v) is 4.83. The van der Waals surface area contributed by atoms with Gasteiger partial charge in [-0.15, -0.1) is 0 Å². The molecule has 0 radical (unpaired) electrons. The topological polar surface area (TPSA) is 95.2 Å². The molecule has 1 heterocycles. The van der Waals surface area contributed by atoms with Crippen LogP contribution in [0.25, 0.3) is 22.1 Å². The van der Waals surface area contributed by atoms with Gasteiger partial charge in [-0.1, -0.05) is 42.5 Å². The molecule has 162 valence electrons. The van der Waals surface area contributed by atoms with E-state index in [2.05, 4.69) is 0 Å². The maximum absolute atomic E-state index is 12.9. The molecule has 0 saturated carbocycles. The van der Waals surface area contributed by atoms with Crippen LogP contribution >= 0.6 is 0 Å². The summed E-state index contributed by atoms with van der Waals surface area (Å²) in [5.74, 6) is -0.0399. The number of carbonyl (C=O) groups excluding carboxylic acids is 1. The molecule has 3 aromatic carbocycles. The molecule has 32 heavy (non-hydrogen) atoms. The van der Waals surface area contributed by atoms with Gasteiger partial charge < -0.3 is 23.7 Å². The monoisotopic (exact) mass is 432 g/mol. The van der Waals surface area contributed by atoms with Crippen LogP contribution in [0.5, 0.6) is 17.2 Å². The van der Waals surface area contributed by atoms with E-state index >= 15 is 0 Å². The quantitative estimate of drug-likeness (QED) is 0.435. The number of rotatable bonds is 7. The summed E-state index contributed by atoms with van der Waals surface area (Å²) in [7, 11) is 1.56. The van der Waals surface area contributed by atoms with Gasteiger partial charge in [0, 0.05) is 12.1 Å². The molecule has 1 aromatic heterocycles. The van der Waals surface area contributed by atoms with Crippen LogP contribution in [0.1, 0.15) is 5.56 Å². The number of aromatic hydroxyl groups is 1. The SMILES string of the molecule is COc1ccc(-c2coc3cc(OCC(=O)OCc4ccccc4)cc(O)c3c2=O)cc1. The smallest absolute Gasteiger partial charge is 0.344 e. The van der Waals surface area contributed by atoms with Crippen molar-refractivity contribution in [1.82, 2.24) is 0 Å². The molecule has 4 aromatic rings. The first-order valence-electron chi connectivity index (χ1n) is 9.80. The highest BCUT2D eigenvalue weighted by Crippen LogP contribution is 2.30. The van der Waals surface area contributed by atoms with Gasteiger partial charge in [0.15, 0.2) is 6.61 Å². The summed E-state index contributed by atoms with van der Waals surface area (Å²) in [5, 5.41) is 10.5. The maximum Gasteiger partial charge on any atom is 0.344 e. The minimum atomic E-state index is -0.565. The number of hydrogen-bond acceptors (Lipinski definition) is 7. The summed E-state index contributed by atoms with van der Waals surface area (Å²) < 4.78 is 21.3. The van der Waals surface area contributed by atoms with Crippen LogP contribution in [0.4, 0.5) is 0 Å². The lowest BCUT2D eigenvalue weighted by Gasteiger charge is -2.09. The second-order valence-electron chi connectivity index (χ2n) is 6.96. The van der Waals surface area contributed by atoms with E-state index < -0.39 is 5.97 Å². The number of hydrogen-bond donors (Lipinski definition) is 1. The van der Waals surface area contributed by atoms with Crippen molar-refractivity contribution in [3.63, 3.8) is 0 Å². The number of fused-ring (bicyclic) bond motifs is 1. The fourth-order valence-electron chi connectivity index (χ4n) is 3.18. The normalized spacial score (nSPS) is 10.7. The van der Waals surface area contributed by atoms with E-state index in [0.29, 0.717) is 16.9 Å². The Bertz CT molecular complexity index is 1290. The van der Waals surface area contributed by atoms with Gasteiger partial charge in [0.1, 0.15) is 41.1 Å². The highest BCUT2D eigenvalue weighted by molar-refractivity contribution is 5.88. The Hall–Kier alpha value is -4.26. The van der Waals surface area contributed by atoms with Gasteiger partial charge in [-0.3, -0.25) is 4.79 Å². The van der Waals surface area contributed by atoms with Gasteiger partial charge in [-0.25, -0.2) is 4.79 Å². The second kappa shape index (κ2) is 9.26. The van der Waals surface area contributed by atoms with Crippen molar-refractivity contribution in [3.8, 4) is 28.4 Å². The molecule has 0 fully saturated rings. The molecule has 0 spiro atoms. The predicted molar refractivity (Wildman–Crippen MR) is 118 cm³/mol. The first-order chi connectivity index (χ1) is 15.5. The Morgan fingerprint density at radius 1 is 1.00 bits per heavy atom. The summed E-state index contributed by atoms with van der Waals surface area (Å²) in [6.45, 7) is -0.221. The molecule has 0 aliphatic heterocycles. The first-order valence-corrected chi connectivity index (χ1v) is 9.80. The number of phenols is 1. The van der Waals surface area contributed by atoms with E-state index in [-0.39, 0.29) is 41.1 Å². The van der Waals surface area contributed by atoms with E-state index in [1.54, 1.807) is 31.4 Å². The van der Waals surface area contributed by atoms with Gasteiger partial charge in [0.25, 0.3) is 0 Å². The molecular weight excluding hydrogens is 412 g/mol. The van der Waals surface area contributed by atoms with E-state index in [4.69, 9.17) is 18.6 Å². The molecule has 0 atom stereocenters. The lowest BCUT2D eigenvalue weighted by molar-refractivity contribution is -0.147. The third kappa shape index (κ3) is 4.57. The first kappa shape index (κ1) is 21.0. The van der Waals surface area contributed by atoms with Crippen molar-refractivity contribution in [1.29, 1.82) is 0 Å². The van der Waals surface area contributed by atoms with Gasteiger partial charge in [0.2, 0.25) is 5.43 Å². The summed E-state index contributed by atoms with van der Waals surface area (Å²) in [4.78, 5) is 24.9. The van der Waals surface area contributed by atoms with Crippen molar-refractivity contribution in [2.24, 2.45) is 0 Å². The van der Waals surface area contributed by atoms with Crippen molar-refractivity contribution in [2.75, 3.05) is 13.7 Å². The highest BCUT2D eigenvalue weighted by atomic mass is 16.6. The van der Waals surface area contributed by atoms with E-state index in [9.17, 15) is 14.7 Å². The number of methoxy groups -OCH3 is 1. The summed E-state index contributed by atoms with van der Waals surface area (Å²) in [6, 6.07) is 18.9. The average Bonchev–Trinajstić information content (AvgIpc) is 2.82. The number of esters is 1. The average molecular weight is 432 g/mol. The lowest BCUT2D eigenvalue weighted by atomic mass is 10.0. The summed E-state index contributed by atoms with van der Waals surface area (Å²) in [5.41, 5.74) is 1.54. The summed E-state index contributed by atoms with van der Waals surface area (Å²) >= 11 is 0. The van der Waals surface area contributed by atoms with Crippen LogP contribution in [0.2, 0.25) is 0 Å². The van der Waals surface area contributed by atoms with Crippen molar-refractivity contribution in [2.45, 2.75) is 6.61 Å². The molecular formula is C25H20O7. The molecule has 0 bridgehead atoms. The minimum absolute atomic E-state index is 0.0253. The van der Waals surface area contributed by atoms with Crippen LogP contribution in [0.3, 0.4) is 0 Å². The van der Waals surface area contributed by atoms with Crippen molar-refractivity contribution in [3.05, 3.63) is 88.8 Å². The number of phenolic OH excluding ortho intramolecular Hbond substituents is 1. The minimum Gasteiger partial charge on any atom is -0.507 e. The van der Waals surface area contributed by atoms with E-state index in [1.807, 2.05) is 30.3 Å². The van der Waals surface area contributed by atoms with Gasteiger partial charge >= 0.3 is 5.97 Å². The molecule has 0 aliphatic rings. The maximum atomic E-state index is 12.9. The molecule has 0 saturated heterocycles. The molecule has 7 heteroatoms. The Balaban J connectivity index is 1.49. The molecule has 0 aliphatic carbocycles. The van der Waals surface area contributed by atoms with Crippen LogP contribution in [-0.4, -0.2) is 24.8 Å². The zero-order chi connectivity index (χ0) is 22.5. The van der Waals surface area contributed by atoms with Crippen molar-refractivity contribution < 1.29 is 28.5 Å². The van der Waals surface area contributed by atoms with Crippen molar-refractivity contribution >= 4 is 16.9 Å². The standard InChI is InChI=1S/C25H20O7/c1-29-18-9-7-17(8-10-18)20-14-31-22-12-19(11-21(26)24(22)25(20)28)30-15-23(27)32-13-16-5-3-2-4-6-16/h2-12,14,26H,13,15H2,1H3. The Labute approximate surface area is 183 Å². The molecule has 7 nitrogen and oxygen atoms in total. The molecule has 4 rings (SSSR count). The Morgan fingerprint density at radius 3 is 2.47 bits per heavy atom. The molecule has 1 N–H and O–H groups in total. The highest BCUT2D eigenvalue weighted by Gasteiger charge is 2.15. The van der Waals surface area contributed by atoms with Crippen LogP contribution < -0.4 is 14.9 Å². The van der Waals surface area contributed by atoms with Gasteiger partial charge in [-0.2, -0.15) is 0 Å². The van der Waals surface area contributed by atoms with Crippen LogP contribution in [0.15, 0.2) is 82.2 Å². The summed E-state index contributed by atoms with van der Waals surface area (Å²) in [6.07, 6.45) is 1.32. The Morgan fingerprint density at radius 2 is 1.75 bits per heavy atom. The second-order valence-corrected chi connectivity index (χ2v) is 6.96. The predicted octanol–water partition coefficient (Wildman–Crippen LogP) is 4.30. The van der Waals surface area contributed by atoms with Gasteiger partial charge in [-0.05, 0) is 23.3 Å².